The minimum absolute atomic E-state index is 0.298. The minimum Gasteiger partial charge on any atom is -0.392 e. The van der Waals surface area contributed by atoms with Gasteiger partial charge in [0.25, 0.3) is 0 Å². The zero-order chi connectivity index (χ0) is 15.4. The molecule has 0 bridgehead atoms. The van der Waals surface area contributed by atoms with Crippen LogP contribution >= 0.6 is 11.6 Å². The van der Waals surface area contributed by atoms with Gasteiger partial charge in [-0.2, -0.15) is 0 Å². The maximum absolute atomic E-state index is 10.4. The van der Waals surface area contributed by atoms with Gasteiger partial charge >= 0.3 is 0 Å². The lowest BCUT2D eigenvalue weighted by Crippen LogP contribution is -2.54. The standard InChI is InChI=1S/C16H25ClN2O2/c1-12-9-18(7-8-19(12)10-13(2)20)11-16(21)14-5-3-4-6-15(14)17/h3-6,12-13,16,20-21H,7-11H2,1-2H3/t12-,13-,16-/m0/s1. The van der Waals surface area contributed by atoms with Gasteiger partial charge in [-0.05, 0) is 19.9 Å². The molecular weight excluding hydrogens is 288 g/mol. The molecule has 0 spiro atoms. The first-order valence-corrected chi connectivity index (χ1v) is 7.92. The summed E-state index contributed by atoms with van der Waals surface area (Å²) in [7, 11) is 0. The lowest BCUT2D eigenvalue weighted by molar-refractivity contribution is 0.0240. The van der Waals surface area contributed by atoms with Crippen LogP contribution in [0, 0.1) is 0 Å². The molecule has 21 heavy (non-hydrogen) atoms. The molecule has 1 aliphatic heterocycles. The van der Waals surface area contributed by atoms with Gasteiger partial charge in [-0.25, -0.2) is 0 Å². The fraction of sp³-hybridized carbons (Fsp3) is 0.625. The Kier molecular flexibility index (Phi) is 6.02. The van der Waals surface area contributed by atoms with E-state index in [1.54, 1.807) is 0 Å². The molecule has 118 valence electrons. The molecule has 1 fully saturated rings. The molecule has 1 aromatic carbocycles. The van der Waals surface area contributed by atoms with E-state index in [0.717, 1.165) is 25.2 Å². The van der Waals surface area contributed by atoms with Crippen molar-refractivity contribution in [1.29, 1.82) is 0 Å². The quantitative estimate of drug-likeness (QED) is 0.870. The number of rotatable bonds is 5. The average molecular weight is 313 g/mol. The molecule has 1 aromatic rings. The SMILES string of the molecule is C[C@H](O)CN1CCN(C[C@H](O)c2ccccc2Cl)C[C@@H]1C. The Labute approximate surface area is 131 Å². The van der Waals surface area contributed by atoms with Crippen molar-refractivity contribution in [1.82, 2.24) is 9.80 Å². The summed E-state index contributed by atoms with van der Waals surface area (Å²) in [6.45, 7) is 8.00. The van der Waals surface area contributed by atoms with Crippen molar-refractivity contribution in [2.75, 3.05) is 32.7 Å². The molecule has 1 aliphatic rings. The number of aliphatic hydroxyl groups excluding tert-OH is 2. The Bertz CT molecular complexity index is 456. The average Bonchev–Trinajstić information content (AvgIpc) is 2.42. The zero-order valence-electron chi connectivity index (χ0n) is 12.7. The summed E-state index contributed by atoms with van der Waals surface area (Å²) < 4.78 is 0. The molecule has 0 radical (unpaired) electrons. The summed E-state index contributed by atoms with van der Waals surface area (Å²) in [5, 5.41) is 20.5. The highest BCUT2D eigenvalue weighted by atomic mass is 35.5. The largest absolute Gasteiger partial charge is 0.392 e. The van der Waals surface area contributed by atoms with Gasteiger partial charge in [0.1, 0.15) is 0 Å². The van der Waals surface area contributed by atoms with E-state index in [0.29, 0.717) is 24.2 Å². The number of aliphatic hydroxyl groups is 2. The molecule has 4 nitrogen and oxygen atoms in total. The fourth-order valence-corrected chi connectivity index (χ4v) is 3.20. The van der Waals surface area contributed by atoms with Gasteiger partial charge in [-0.1, -0.05) is 29.8 Å². The topological polar surface area (TPSA) is 46.9 Å². The van der Waals surface area contributed by atoms with Crippen LogP contribution in [0.4, 0.5) is 0 Å². The molecular formula is C16H25ClN2O2. The van der Waals surface area contributed by atoms with Gasteiger partial charge in [-0.15, -0.1) is 0 Å². The third-order valence-corrected chi connectivity index (χ3v) is 4.39. The first kappa shape index (κ1) is 16.7. The van der Waals surface area contributed by atoms with E-state index in [4.69, 9.17) is 11.6 Å². The second kappa shape index (κ2) is 7.56. The molecule has 0 unspecified atom stereocenters. The summed E-state index contributed by atoms with van der Waals surface area (Å²) in [5.41, 5.74) is 0.790. The molecule has 3 atom stereocenters. The monoisotopic (exact) mass is 312 g/mol. The minimum atomic E-state index is -0.561. The highest BCUT2D eigenvalue weighted by molar-refractivity contribution is 6.31. The smallest absolute Gasteiger partial charge is 0.0931 e. The van der Waals surface area contributed by atoms with Crippen molar-refractivity contribution in [3.8, 4) is 0 Å². The Balaban J connectivity index is 1.89. The summed E-state index contributed by atoms with van der Waals surface area (Å²) >= 11 is 6.13. The summed E-state index contributed by atoms with van der Waals surface area (Å²) in [6.07, 6.45) is -0.859. The molecule has 5 heteroatoms. The van der Waals surface area contributed by atoms with E-state index >= 15 is 0 Å². The summed E-state index contributed by atoms with van der Waals surface area (Å²) in [5.74, 6) is 0. The van der Waals surface area contributed by atoms with E-state index < -0.39 is 6.10 Å². The molecule has 2 N–H and O–H groups in total. The number of halogens is 1. The highest BCUT2D eigenvalue weighted by Crippen LogP contribution is 2.24. The molecule has 0 aliphatic carbocycles. The summed E-state index contributed by atoms with van der Waals surface area (Å²) in [6, 6.07) is 7.83. The van der Waals surface area contributed by atoms with E-state index in [-0.39, 0.29) is 6.10 Å². The summed E-state index contributed by atoms with van der Waals surface area (Å²) in [4.78, 5) is 4.56. The van der Waals surface area contributed by atoms with Crippen LogP contribution in [0.3, 0.4) is 0 Å². The van der Waals surface area contributed by atoms with Crippen LogP contribution in [-0.4, -0.2) is 64.9 Å². The van der Waals surface area contributed by atoms with Crippen molar-refractivity contribution in [2.24, 2.45) is 0 Å². The van der Waals surface area contributed by atoms with E-state index in [1.807, 2.05) is 31.2 Å². The van der Waals surface area contributed by atoms with Crippen molar-refractivity contribution in [3.63, 3.8) is 0 Å². The van der Waals surface area contributed by atoms with Gasteiger partial charge in [0.05, 0.1) is 12.2 Å². The van der Waals surface area contributed by atoms with Crippen molar-refractivity contribution in [3.05, 3.63) is 34.9 Å². The van der Waals surface area contributed by atoms with Crippen LogP contribution in [0.25, 0.3) is 0 Å². The first-order chi connectivity index (χ1) is 9.97. The number of benzene rings is 1. The van der Waals surface area contributed by atoms with E-state index in [9.17, 15) is 10.2 Å². The van der Waals surface area contributed by atoms with Crippen LogP contribution in [0.1, 0.15) is 25.5 Å². The van der Waals surface area contributed by atoms with Gasteiger partial charge in [-0.3, -0.25) is 9.80 Å². The van der Waals surface area contributed by atoms with Crippen LogP contribution in [-0.2, 0) is 0 Å². The molecule has 2 rings (SSSR count). The predicted octanol–water partition coefficient (Wildman–Crippen LogP) is 1.76. The first-order valence-electron chi connectivity index (χ1n) is 7.54. The van der Waals surface area contributed by atoms with Crippen LogP contribution in [0.2, 0.25) is 5.02 Å². The normalized spacial score (nSPS) is 24.0. The van der Waals surface area contributed by atoms with Crippen LogP contribution < -0.4 is 0 Å². The molecule has 0 aromatic heterocycles. The van der Waals surface area contributed by atoms with Gasteiger partial charge in [0, 0.05) is 49.4 Å². The van der Waals surface area contributed by atoms with Gasteiger partial charge < -0.3 is 10.2 Å². The molecule has 0 amide bonds. The third kappa shape index (κ3) is 4.66. The van der Waals surface area contributed by atoms with Crippen LogP contribution in [0.5, 0.6) is 0 Å². The zero-order valence-corrected chi connectivity index (χ0v) is 13.5. The maximum Gasteiger partial charge on any atom is 0.0931 e. The molecule has 1 saturated heterocycles. The van der Waals surface area contributed by atoms with E-state index in [2.05, 4.69) is 16.7 Å². The predicted molar refractivity (Wildman–Crippen MR) is 85.6 cm³/mol. The Morgan fingerprint density at radius 2 is 1.95 bits per heavy atom. The maximum atomic E-state index is 10.4. The highest BCUT2D eigenvalue weighted by Gasteiger charge is 2.26. The van der Waals surface area contributed by atoms with Gasteiger partial charge in [0.15, 0.2) is 0 Å². The lowest BCUT2D eigenvalue weighted by Gasteiger charge is -2.41. The van der Waals surface area contributed by atoms with Crippen molar-refractivity contribution in [2.45, 2.75) is 32.1 Å². The number of nitrogens with zero attached hydrogens (tertiary/aromatic N) is 2. The van der Waals surface area contributed by atoms with Crippen molar-refractivity contribution >= 4 is 11.6 Å². The van der Waals surface area contributed by atoms with Crippen LogP contribution in [0.15, 0.2) is 24.3 Å². The fourth-order valence-electron chi connectivity index (χ4n) is 2.94. The Morgan fingerprint density at radius 3 is 2.57 bits per heavy atom. The number of piperazine rings is 1. The number of hydrogen-bond acceptors (Lipinski definition) is 4. The Hall–Kier alpha value is -0.650. The second-order valence-electron chi connectivity index (χ2n) is 5.99. The lowest BCUT2D eigenvalue weighted by atomic mass is 10.1. The van der Waals surface area contributed by atoms with E-state index in [1.165, 1.54) is 0 Å². The Morgan fingerprint density at radius 1 is 1.24 bits per heavy atom. The third-order valence-electron chi connectivity index (χ3n) is 4.04. The molecule has 0 saturated carbocycles. The number of β-amino-alcohol motifs (C(OH)–C–C–N with tert-alkyl or cyclic N) is 2. The second-order valence-corrected chi connectivity index (χ2v) is 6.40. The van der Waals surface area contributed by atoms with Crippen molar-refractivity contribution < 1.29 is 10.2 Å². The molecule has 1 heterocycles. The van der Waals surface area contributed by atoms with Gasteiger partial charge in [0.2, 0.25) is 0 Å². The number of hydrogen-bond donors (Lipinski definition) is 2.